The number of hydrogen-bond donors (Lipinski definition) is 1. The van der Waals surface area contributed by atoms with Gasteiger partial charge >= 0.3 is 0 Å². The summed E-state index contributed by atoms with van der Waals surface area (Å²) in [6.07, 6.45) is 2.95. The van der Waals surface area contributed by atoms with Crippen LogP contribution in [-0.4, -0.2) is 31.1 Å². The Morgan fingerprint density at radius 3 is 2.62 bits per heavy atom. The predicted molar refractivity (Wildman–Crippen MR) is 67.6 cm³/mol. The molecule has 0 fully saturated rings. The Bertz CT molecular complexity index is 279. The first kappa shape index (κ1) is 13.3. The van der Waals surface area contributed by atoms with E-state index in [2.05, 4.69) is 31.0 Å². The van der Waals surface area contributed by atoms with E-state index in [0.717, 1.165) is 31.9 Å². The van der Waals surface area contributed by atoms with Gasteiger partial charge < -0.3 is 14.6 Å². The summed E-state index contributed by atoms with van der Waals surface area (Å²) in [4.78, 5) is 2.44. The molecule has 0 aliphatic carbocycles. The average molecular weight is 224 g/mol. The first-order valence-electron chi connectivity index (χ1n) is 6.24. The van der Waals surface area contributed by atoms with Crippen LogP contribution in [0.3, 0.4) is 0 Å². The number of aryl methyl sites for hydroxylation is 1. The van der Waals surface area contributed by atoms with Crippen molar-refractivity contribution in [2.75, 3.05) is 26.2 Å². The molecule has 0 atom stereocenters. The van der Waals surface area contributed by atoms with E-state index >= 15 is 0 Å². The Balaban J connectivity index is 2.06. The third-order valence-corrected chi connectivity index (χ3v) is 2.98. The summed E-state index contributed by atoms with van der Waals surface area (Å²) >= 11 is 0. The maximum Gasteiger partial charge on any atom is 0.120 e. The normalized spacial score (nSPS) is 11.2. The highest BCUT2D eigenvalue weighted by atomic mass is 16.3. The second-order valence-electron chi connectivity index (χ2n) is 4.08. The van der Waals surface area contributed by atoms with E-state index in [1.165, 1.54) is 18.5 Å². The lowest BCUT2D eigenvalue weighted by Crippen LogP contribution is -2.27. The molecule has 1 aromatic rings. The van der Waals surface area contributed by atoms with Crippen LogP contribution in [0.15, 0.2) is 16.7 Å². The molecule has 0 amide bonds. The summed E-state index contributed by atoms with van der Waals surface area (Å²) in [6.45, 7) is 11.9. The Morgan fingerprint density at radius 1 is 1.31 bits per heavy atom. The SMILES string of the molecule is CCN(CC)CCCNCc1occc1C. The van der Waals surface area contributed by atoms with Crippen molar-refractivity contribution in [3.8, 4) is 0 Å². The highest BCUT2D eigenvalue weighted by Crippen LogP contribution is 2.07. The molecule has 0 radical (unpaired) electrons. The van der Waals surface area contributed by atoms with Gasteiger partial charge in [-0.1, -0.05) is 13.8 Å². The monoisotopic (exact) mass is 224 g/mol. The minimum absolute atomic E-state index is 0.844. The second-order valence-corrected chi connectivity index (χ2v) is 4.08. The minimum Gasteiger partial charge on any atom is -0.468 e. The van der Waals surface area contributed by atoms with Crippen LogP contribution in [0.1, 0.15) is 31.6 Å². The minimum atomic E-state index is 0.844. The summed E-state index contributed by atoms with van der Waals surface area (Å²) < 4.78 is 5.36. The number of nitrogens with zero attached hydrogens (tertiary/aromatic N) is 1. The summed E-state index contributed by atoms with van der Waals surface area (Å²) in [5.41, 5.74) is 1.23. The smallest absolute Gasteiger partial charge is 0.120 e. The molecule has 1 rings (SSSR count). The van der Waals surface area contributed by atoms with Gasteiger partial charge in [-0.2, -0.15) is 0 Å². The van der Waals surface area contributed by atoms with Crippen LogP contribution < -0.4 is 5.32 Å². The van der Waals surface area contributed by atoms with Gasteiger partial charge in [0, 0.05) is 0 Å². The molecule has 0 saturated heterocycles. The number of rotatable bonds is 8. The topological polar surface area (TPSA) is 28.4 Å². The molecule has 0 spiro atoms. The van der Waals surface area contributed by atoms with Crippen LogP contribution in [0, 0.1) is 6.92 Å². The van der Waals surface area contributed by atoms with Gasteiger partial charge in [0.2, 0.25) is 0 Å². The Hall–Kier alpha value is -0.800. The van der Waals surface area contributed by atoms with Crippen LogP contribution >= 0.6 is 0 Å². The lowest BCUT2D eigenvalue weighted by molar-refractivity contribution is 0.297. The standard InChI is InChI=1S/C13H24N2O/c1-4-15(5-2)9-6-8-14-11-13-12(3)7-10-16-13/h7,10,14H,4-6,8-9,11H2,1-3H3. The number of furan rings is 1. The Labute approximate surface area is 98.8 Å². The van der Waals surface area contributed by atoms with Crippen LogP contribution in [0.25, 0.3) is 0 Å². The van der Waals surface area contributed by atoms with Crippen molar-refractivity contribution >= 4 is 0 Å². The van der Waals surface area contributed by atoms with E-state index in [1.54, 1.807) is 6.26 Å². The molecule has 0 bridgehead atoms. The third kappa shape index (κ3) is 4.37. The Morgan fingerprint density at radius 2 is 2.06 bits per heavy atom. The van der Waals surface area contributed by atoms with Crippen molar-refractivity contribution in [1.29, 1.82) is 0 Å². The number of nitrogens with one attached hydrogen (secondary N) is 1. The van der Waals surface area contributed by atoms with E-state index in [0.29, 0.717) is 0 Å². The zero-order chi connectivity index (χ0) is 11.8. The summed E-state index contributed by atoms with van der Waals surface area (Å²) in [5, 5.41) is 3.41. The van der Waals surface area contributed by atoms with E-state index in [1.807, 2.05) is 6.07 Å². The molecular formula is C13H24N2O. The molecular weight excluding hydrogens is 200 g/mol. The predicted octanol–water partition coefficient (Wildman–Crippen LogP) is 2.41. The molecule has 3 nitrogen and oxygen atoms in total. The highest BCUT2D eigenvalue weighted by Gasteiger charge is 2.01. The van der Waals surface area contributed by atoms with E-state index in [-0.39, 0.29) is 0 Å². The van der Waals surface area contributed by atoms with Gasteiger partial charge in [0.05, 0.1) is 12.8 Å². The lowest BCUT2D eigenvalue weighted by atomic mass is 10.3. The van der Waals surface area contributed by atoms with Gasteiger partial charge in [-0.15, -0.1) is 0 Å². The zero-order valence-corrected chi connectivity index (χ0v) is 10.8. The Kier molecular flexibility index (Phi) is 6.19. The van der Waals surface area contributed by atoms with Gasteiger partial charge in [0.25, 0.3) is 0 Å². The molecule has 0 aliphatic rings. The first-order valence-corrected chi connectivity index (χ1v) is 6.24. The molecule has 0 aliphatic heterocycles. The van der Waals surface area contributed by atoms with Gasteiger partial charge in [-0.3, -0.25) is 0 Å². The van der Waals surface area contributed by atoms with Crippen LogP contribution in [-0.2, 0) is 6.54 Å². The molecule has 3 heteroatoms. The molecule has 1 aromatic heterocycles. The molecule has 92 valence electrons. The van der Waals surface area contributed by atoms with Crippen molar-refractivity contribution in [3.05, 3.63) is 23.7 Å². The molecule has 1 heterocycles. The van der Waals surface area contributed by atoms with Crippen molar-refractivity contribution in [2.24, 2.45) is 0 Å². The first-order chi connectivity index (χ1) is 7.77. The molecule has 0 saturated carbocycles. The molecule has 0 unspecified atom stereocenters. The van der Waals surface area contributed by atoms with Crippen molar-refractivity contribution in [2.45, 2.75) is 33.7 Å². The third-order valence-electron chi connectivity index (χ3n) is 2.98. The van der Waals surface area contributed by atoms with Gasteiger partial charge in [0.1, 0.15) is 5.76 Å². The van der Waals surface area contributed by atoms with Crippen LogP contribution in [0.4, 0.5) is 0 Å². The second kappa shape index (κ2) is 7.47. The maximum atomic E-state index is 5.36. The fraction of sp³-hybridized carbons (Fsp3) is 0.692. The summed E-state index contributed by atoms with van der Waals surface area (Å²) in [7, 11) is 0. The fourth-order valence-electron chi connectivity index (χ4n) is 1.75. The lowest BCUT2D eigenvalue weighted by Gasteiger charge is -2.17. The summed E-state index contributed by atoms with van der Waals surface area (Å²) in [5.74, 6) is 1.06. The highest BCUT2D eigenvalue weighted by molar-refractivity contribution is 5.13. The summed E-state index contributed by atoms with van der Waals surface area (Å²) in [6, 6.07) is 2.01. The average Bonchev–Trinajstić information content (AvgIpc) is 2.70. The van der Waals surface area contributed by atoms with Crippen molar-refractivity contribution < 1.29 is 4.42 Å². The van der Waals surface area contributed by atoms with Crippen molar-refractivity contribution in [1.82, 2.24) is 10.2 Å². The number of hydrogen-bond acceptors (Lipinski definition) is 3. The van der Waals surface area contributed by atoms with E-state index in [9.17, 15) is 0 Å². The maximum absolute atomic E-state index is 5.36. The quantitative estimate of drug-likeness (QED) is 0.687. The van der Waals surface area contributed by atoms with E-state index in [4.69, 9.17) is 4.42 Å². The van der Waals surface area contributed by atoms with Crippen LogP contribution in [0.2, 0.25) is 0 Å². The van der Waals surface area contributed by atoms with Crippen LogP contribution in [0.5, 0.6) is 0 Å². The molecule has 1 N–H and O–H groups in total. The largest absolute Gasteiger partial charge is 0.468 e. The molecule has 0 aromatic carbocycles. The van der Waals surface area contributed by atoms with Gasteiger partial charge in [-0.25, -0.2) is 0 Å². The van der Waals surface area contributed by atoms with Gasteiger partial charge in [0.15, 0.2) is 0 Å². The van der Waals surface area contributed by atoms with E-state index < -0.39 is 0 Å². The molecule has 16 heavy (non-hydrogen) atoms. The van der Waals surface area contributed by atoms with Gasteiger partial charge in [-0.05, 0) is 51.2 Å². The van der Waals surface area contributed by atoms with Crippen molar-refractivity contribution in [3.63, 3.8) is 0 Å². The zero-order valence-electron chi connectivity index (χ0n) is 10.8. The fourth-order valence-corrected chi connectivity index (χ4v) is 1.75.